The Morgan fingerprint density at radius 1 is 1.45 bits per heavy atom. The Labute approximate surface area is 122 Å². The molecule has 4 nitrogen and oxygen atoms in total. The number of aromatic nitrogens is 2. The summed E-state index contributed by atoms with van der Waals surface area (Å²) in [4.78, 5) is 7.87. The Balaban J connectivity index is 1.91. The molecule has 0 bridgehead atoms. The minimum atomic E-state index is 0.567. The van der Waals surface area contributed by atoms with Crippen molar-refractivity contribution in [2.24, 2.45) is 0 Å². The summed E-state index contributed by atoms with van der Waals surface area (Å²) in [5, 5.41) is 0. The topological polar surface area (TPSA) is 47.1 Å². The van der Waals surface area contributed by atoms with Crippen LogP contribution in [-0.2, 0) is 24.2 Å². The van der Waals surface area contributed by atoms with Gasteiger partial charge in [-0.1, -0.05) is 24.4 Å². The molecule has 0 fully saturated rings. The lowest BCUT2D eigenvalue weighted by molar-refractivity contribution is 0.108. The third kappa shape index (κ3) is 2.73. The smallest absolute Gasteiger partial charge is 0.135 e. The van der Waals surface area contributed by atoms with Crippen molar-refractivity contribution in [3.8, 4) is 5.75 Å². The maximum atomic E-state index is 5.42. The van der Waals surface area contributed by atoms with Gasteiger partial charge in [0.2, 0.25) is 0 Å². The lowest BCUT2D eigenvalue weighted by Crippen LogP contribution is -2.15. The highest BCUT2D eigenvalue weighted by molar-refractivity contribution is 7.71. The summed E-state index contributed by atoms with van der Waals surface area (Å²) < 4.78 is 11.3. The van der Waals surface area contributed by atoms with Crippen LogP contribution in [0.25, 0.3) is 0 Å². The van der Waals surface area contributed by atoms with Crippen LogP contribution in [-0.4, -0.2) is 23.7 Å². The number of hydrogen-bond acceptors (Lipinski definition) is 4. The Bertz CT molecular complexity index is 682. The zero-order chi connectivity index (χ0) is 13.9. The highest BCUT2D eigenvalue weighted by atomic mass is 32.1. The molecule has 104 valence electrons. The van der Waals surface area contributed by atoms with E-state index in [4.69, 9.17) is 21.7 Å². The number of ether oxygens (including phenoxy) is 2. The molecule has 0 aliphatic carbocycles. The summed E-state index contributed by atoms with van der Waals surface area (Å²) >= 11 is 5.36. The van der Waals surface area contributed by atoms with Gasteiger partial charge in [0.25, 0.3) is 0 Å². The van der Waals surface area contributed by atoms with Gasteiger partial charge < -0.3 is 14.5 Å². The number of aromatic amines is 1. The van der Waals surface area contributed by atoms with E-state index in [2.05, 4.69) is 16.0 Å². The van der Waals surface area contributed by atoms with Crippen LogP contribution in [0.5, 0.6) is 5.75 Å². The van der Waals surface area contributed by atoms with Crippen LogP contribution in [0.1, 0.15) is 22.6 Å². The predicted molar refractivity (Wildman–Crippen MR) is 78.6 cm³/mol. The summed E-state index contributed by atoms with van der Waals surface area (Å²) in [5.41, 5.74) is 3.34. The highest BCUT2D eigenvalue weighted by Crippen LogP contribution is 2.18. The monoisotopic (exact) mass is 288 g/mol. The maximum Gasteiger partial charge on any atom is 0.135 e. The molecule has 1 aliphatic heterocycles. The second-order valence-electron chi connectivity index (χ2n) is 4.78. The first-order valence-corrected chi connectivity index (χ1v) is 6.98. The first-order chi connectivity index (χ1) is 9.76. The fraction of sp³-hybridized carbons (Fsp3) is 0.333. The lowest BCUT2D eigenvalue weighted by Gasteiger charge is -2.17. The molecule has 1 N–H and O–H groups in total. The standard InChI is InChI=1S/C15H16N2O2S/c1-18-11-4-2-3-10(7-11)8-14-16-13-5-6-19-9-12(13)15(20)17-14/h2-4,7H,5-6,8-9H2,1H3,(H,16,17,20). The minimum absolute atomic E-state index is 0.567. The third-order valence-electron chi connectivity index (χ3n) is 3.40. The summed E-state index contributed by atoms with van der Waals surface area (Å²) in [7, 11) is 1.67. The molecular weight excluding hydrogens is 272 g/mol. The van der Waals surface area contributed by atoms with Gasteiger partial charge in [0.05, 0.1) is 20.3 Å². The molecule has 0 atom stereocenters. The van der Waals surface area contributed by atoms with E-state index in [1.807, 2.05) is 18.2 Å². The Morgan fingerprint density at radius 2 is 2.35 bits per heavy atom. The number of H-pyrrole nitrogens is 1. The van der Waals surface area contributed by atoms with E-state index in [1.54, 1.807) is 7.11 Å². The number of rotatable bonds is 3. The number of nitrogens with one attached hydrogen (secondary N) is 1. The first kappa shape index (κ1) is 13.3. The van der Waals surface area contributed by atoms with Crippen LogP contribution in [0.4, 0.5) is 0 Å². The van der Waals surface area contributed by atoms with E-state index < -0.39 is 0 Å². The van der Waals surface area contributed by atoms with Gasteiger partial charge in [-0.15, -0.1) is 0 Å². The van der Waals surface area contributed by atoms with Crippen molar-refractivity contribution >= 4 is 12.2 Å². The number of hydrogen-bond donors (Lipinski definition) is 1. The molecule has 0 saturated heterocycles. The van der Waals surface area contributed by atoms with Gasteiger partial charge in [-0.25, -0.2) is 4.98 Å². The Morgan fingerprint density at radius 3 is 3.20 bits per heavy atom. The molecule has 20 heavy (non-hydrogen) atoms. The van der Waals surface area contributed by atoms with Crippen LogP contribution >= 0.6 is 12.2 Å². The van der Waals surface area contributed by atoms with Gasteiger partial charge in [-0.2, -0.15) is 0 Å². The van der Waals surface area contributed by atoms with Crippen molar-refractivity contribution in [2.45, 2.75) is 19.4 Å². The van der Waals surface area contributed by atoms with Crippen LogP contribution in [0.15, 0.2) is 24.3 Å². The van der Waals surface area contributed by atoms with Crippen LogP contribution in [0.3, 0.4) is 0 Å². The third-order valence-corrected chi connectivity index (χ3v) is 3.74. The van der Waals surface area contributed by atoms with E-state index in [-0.39, 0.29) is 0 Å². The van der Waals surface area contributed by atoms with Gasteiger partial charge in [0.1, 0.15) is 16.2 Å². The Kier molecular flexibility index (Phi) is 3.80. The van der Waals surface area contributed by atoms with Crippen LogP contribution < -0.4 is 4.74 Å². The van der Waals surface area contributed by atoms with Gasteiger partial charge in [-0.3, -0.25) is 0 Å². The molecule has 0 radical (unpaired) electrons. The predicted octanol–water partition coefficient (Wildman–Crippen LogP) is 2.81. The maximum absolute atomic E-state index is 5.42. The molecular formula is C15H16N2O2S. The molecule has 2 heterocycles. The van der Waals surface area contributed by atoms with Crippen molar-refractivity contribution in [2.75, 3.05) is 13.7 Å². The summed E-state index contributed by atoms with van der Waals surface area (Å²) in [5.74, 6) is 1.75. The quantitative estimate of drug-likeness (QED) is 0.882. The van der Waals surface area contributed by atoms with Crippen LogP contribution in [0, 0.1) is 4.64 Å². The van der Waals surface area contributed by atoms with Crippen molar-refractivity contribution < 1.29 is 9.47 Å². The van der Waals surface area contributed by atoms with E-state index in [0.717, 1.165) is 47.8 Å². The molecule has 3 rings (SSSR count). The summed E-state index contributed by atoms with van der Waals surface area (Å²) in [6, 6.07) is 7.99. The van der Waals surface area contributed by atoms with Crippen molar-refractivity contribution in [1.82, 2.24) is 9.97 Å². The first-order valence-electron chi connectivity index (χ1n) is 6.58. The number of methoxy groups -OCH3 is 1. The second-order valence-corrected chi connectivity index (χ2v) is 5.16. The van der Waals surface area contributed by atoms with Crippen molar-refractivity contribution in [3.63, 3.8) is 0 Å². The van der Waals surface area contributed by atoms with E-state index in [0.29, 0.717) is 11.2 Å². The largest absolute Gasteiger partial charge is 0.497 e. The second kappa shape index (κ2) is 5.73. The van der Waals surface area contributed by atoms with Gasteiger partial charge in [-0.05, 0) is 17.7 Å². The molecule has 2 aromatic rings. The number of nitrogens with zero attached hydrogens (tertiary/aromatic N) is 1. The summed E-state index contributed by atoms with van der Waals surface area (Å²) in [6.07, 6.45) is 1.58. The molecule has 1 aliphatic rings. The van der Waals surface area contributed by atoms with Gasteiger partial charge >= 0.3 is 0 Å². The molecule has 0 amide bonds. The van der Waals surface area contributed by atoms with Crippen molar-refractivity contribution in [1.29, 1.82) is 0 Å². The van der Waals surface area contributed by atoms with Gasteiger partial charge in [0.15, 0.2) is 0 Å². The lowest BCUT2D eigenvalue weighted by atomic mass is 10.1. The highest BCUT2D eigenvalue weighted by Gasteiger charge is 2.13. The minimum Gasteiger partial charge on any atom is -0.497 e. The summed E-state index contributed by atoms with van der Waals surface area (Å²) in [6.45, 7) is 1.30. The average molecular weight is 288 g/mol. The van der Waals surface area contributed by atoms with E-state index in [9.17, 15) is 0 Å². The fourth-order valence-electron chi connectivity index (χ4n) is 2.37. The van der Waals surface area contributed by atoms with E-state index in [1.165, 1.54) is 0 Å². The SMILES string of the molecule is COc1cccc(Cc2nc(=S)c3c([nH]2)CCOC3)c1. The molecule has 0 unspecified atom stereocenters. The van der Waals surface area contributed by atoms with E-state index >= 15 is 0 Å². The molecule has 1 aromatic heterocycles. The molecule has 1 aromatic carbocycles. The van der Waals surface area contributed by atoms with Crippen LogP contribution in [0.2, 0.25) is 0 Å². The number of fused-ring (bicyclic) bond motifs is 1. The fourth-order valence-corrected chi connectivity index (χ4v) is 2.66. The molecule has 0 saturated carbocycles. The normalized spacial score (nSPS) is 13.8. The molecule has 0 spiro atoms. The molecule has 5 heteroatoms. The Hall–Kier alpha value is -1.72. The zero-order valence-electron chi connectivity index (χ0n) is 11.3. The van der Waals surface area contributed by atoms with Gasteiger partial charge in [0, 0.05) is 24.1 Å². The zero-order valence-corrected chi connectivity index (χ0v) is 12.1. The number of benzene rings is 1. The average Bonchev–Trinajstić information content (AvgIpc) is 2.47. The van der Waals surface area contributed by atoms with Crippen molar-refractivity contribution in [3.05, 3.63) is 51.6 Å².